The number of amides is 1. The van der Waals surface area contributed by atoms with Gasteiger partial charge in [-0.05, 0) is 50.4 Å². The molecule has 1 aromatic carbocycles. The number of carbonyl (C=O) groups excluding carboxylic acids is 1. The topological polar surface area (TPSA) is 41.1 Å². The summed E-state index contributed by atoms with van der Waals surface area (Å²) < 4.78 is 13.5. The van der Waals surface area contributed by atoms with E-state index < -0.39 is 0 Å². The molecular formula is C15H21FN2O. The molecule has 0 saturated carbocycles. The van der Waals surface area contributed by atoms with Gasteiger partial charge in [0.1, 0.15) is 5.82 Å². The molecule has 0 spiro atoms. The van der Waals surface area contributed by atoms with Crippen molar-refractivity contribution in [1.29, 1.82) is 0 Å². The minimum absolute atomic E-state index is 0.114. The molecule has 2 N–H and O–H groups in total. The van der Waals surface area contributed by atoms with Crippen LogP contribution in [-0.2, 0) is 4.79 Å². The molecule has 3 nitrogen and oxygen atoms in total. The van der Waals surface area contributed by atoms with Crippen LogP contribution in [0, 0.1) is 12.7 Å². The Balaban J connectivity index is 1.81. The highest BCUT2D eigenvalue weighted by atomic mass is 19.1. The summed E-state index contributed by atoms with van der Waals surface area (Å²) in [6.07, 6.45) is 4.83. The van der Waals surface area contributed by atoms with Crippen molar-refractivity contribution >= 4 is 11.6 Å². The van der Waals surface area contributed by atoms with Crippen molar-refractivity contribution in [3.8, 4) is 0 Å². The maximum Gasteiger partial charge on any atom is 0.224 e. The smallest absolute Gasteiger partial charge is 0.224 e. The van der Waals surface area contributed by atoms with Gasteiger partial charge in [0.25, 0.3) is 0 Å². The van der Waals surface area contributed by atoms with Crippen LogP contribution in [0.25, 0.3) is 0 Å². The number of benzene rings is 1. The molecule has 2 rings (SSSR count). The molecule has 19 heavy (non-hydrogen) atoms. The van der Waals surface area contributed by atoms with Crippen LogP contribution in [0.2, 0.25) is 0 Å². The Labute approximate surface area is 113 Å². The number of aryl methyl sites for hydroxylation is 1. The summed E-state index contributed by atoms with van der Waals surface area (Å²) in [6, 6.07) is 5.17. The maximum atomic E-state index is 13.5. The highest BCUT2D eigenvalue weighted by Crippen LogP contribution is 2.17. The quantitative estimate of drug-likeness (QED) is 0.877. The van der Waals surface area contributed by atoms with E-state index in [4.69, 9.17) is 0 Å². The molecule has 0 radical (unpaired) electrons. The minimum atomic E-state index is -0.380. The second kappa shape index (κ2) is 6.66. The largest absolute Gasteiger partial charge is 0.324 e. The van der Waals surface area contributed by atoms with Crippen molar-refractivity contribution < 1.29 is 9.18 Å². The fourth-order valence-electron chi connectivity index (χ4n) is 2.42. The van der Waals surface area contributed by atoms with Gasteiger partial charge >= 0.3 is 0 Å². The average molecular weight is 264 g/mol. The first-order chi connectivity index (χ1) is 9.15. The van der Waals surface area contributed by atoms with Crippen LogP contribution < -0.4 is 10.6 Å². The average Bonchev–Trinajstić information content (AvgIpc) is 2.42. The molecule has 1 aliphatic rings. The zero-order valence-corrected chi connectivity index (χ0v) is 11.3. The molecule has 1 unspecified atom stereocenters. The molecule has 1 heterocycles. The standard InChI is InChI=1S/C15H21FN2O/c1-11-5-7-13(16)14(10-11)18-15(19)8-6-12-4-2-3-9-17-12/h5,7,10,12,17H,2-4,6,8-9H2,1H3,(H,18,19). The summed E-state index contributed by atoms with van der Waals surface area (Å²) >= 11 is 0. The first-order valence-electron chi connectivity index (χ1n) is 6.94. The van der Waals surface area contributed by atoms with E-state index in [1.54, 1.807) is 12.1 Å². The Hall–Kier alpha value is -1.42. The van der Waals surface area contributed by atoms with Crippen LogP contribution in [0.1, 0.15) is 37.7 Å². The normalized spacial score (nSPS) is 19.2. The van der Waals surface area contributed by atoms with Gasteiger partial charge in [-0.15, -0.1) is 0 Å². The third-order valence-corrected chi connectivity index (χ3v) is 3.53. The van der Waals surface area contributed by atoms with Crippen LogP contribution in [0.5, 0.6) is 0 Å². The van der Waals surface area contributed by atoms with Gasteiger partial charge < -0.3 is 10.6 Å². The van der Waals surface area contributed by atoms with Crippen molar-refractivity contribution in [2.45, 2.75) is 45.1 Å². The number of hydrogen-bond donors (Lipinski definition) is 2. The van der Waals surface area contributed by atoms with Crippen LogP contribution >= 0.6 is 0 Å². The van der Waals surface area contributed by atoms with E-state index in [0.29, 0.717) is 12.5 Å². The zero-order valence-electron chi connectivity index (χ0n) is 11.3. The fraction of sp³-hybridized carbons (Fsp3) is 0.533. The van der Waals surface area contributed by atoms with E-state index in [1.807, 2.05) is 6.92 Å². The highest BCUT2D eigenvalue weighted by Gasteiger charge is 2.14. The first-order valence-corrected chi connectivity index (χ1v) is 6.94. The summed E-state index contributed by atoms with van der Waals surface area (Å²) in [5, 5.41) is 6.05. The van der Waals surface area contributed by atoms with Gasteiger partial charge in [-0.25, -0.2) is 4.39 Å². The molecular weight excluding hydrogens is 243 g/mol. The molecule has 1 aliphatic heterocycles. The third-order valence-electron chi connectivity index (χ3n) is 3.53. The van der Waals surface area contributed by atoms with Crippen molar-refractivity contribution in [3.05, 3.63) is 29.6 Å². The zero-order chi connectivity index (χ0) is 13.7. The number of anilines is 1. The molecule has 1 amide bonds. The Morgan fingerprint density at radius 2 is 2.32 bits per heavy atom. The van der Waals surface area contributed by atoms with Gasteiger partial charge in [0.15, 0.2) is 0 Å². The Kier molecular flexibility index (Phi) is 4.91. The van der Waals surface area contributed by atoms with E-state index >= 15 is 0 Å². The van der Waals surface area contributed by atoms with Crippen LogP contribution in [0.4, 0.5) is 10.1 Å². The maximum absolute atomic E-state index is 13.5. The predicted molar refractivity (Wildman–Crippen MR) is 74.6 cm³/mol. The number of piperidine rings is 1. The van der Waals surface area contributed by atoms with Crippen LogP contribution in [-0.4, -0.2) is 18.5 Å². The Morgan fingerprint density at radius 3 is 3.05 bits per heavy atom. The van der Waals surface area contributed by atoms with Gasteiger partial charge in [0, 0.05) is 12.5 Å². The van der Waals surface area contributed by atoms with Crippen LogP contribution in [0.3, 0.4) is 0 Å². The minimum Gasteiger partial charge on any atom is -0.324 e. The molecule has 1 aromatic rings. The van der Waals surface area contributed by atoms with Gasteiger partial charge in [0.05, 0.1) is 5.69 Å². The van der Waals surface area contributed by atoms with E-state index in [9.17, 15) is 9.18 Å². The molecule has 4 heteroatoms. The van der Waals surface area contributed by atoms with Gasteiger partial charge in [-0.1, -0.05) is 12.5 Å². The number of hydrogen-bond acceptors (Lipinski definition) is 2. The highest BCUT2D eigenvalue weighted by molar-refractivity contribution is 5.90. The molecule has 1 atom stereocenters. The lowest BCUT2D eigenvalue weighted by Crippen LogP contribution is -2.34. The number of nitrogens with one attached hydrogen (secondary N) is 2. The van der Waals surface area contributed by atoms with E-state index in [0.717, 1.165) is 24.9 Å². The summed E-state index contributed by atoms with van der Waals surface area (Å²) in [5.41, 5.74) is 1.22. The summed E-state index contributed by atoms with van der Waals surface area (Å²) in [7, 11) is 0. The van der Waals surface area contributed by atoms with E-state index in [2.05, 4.69) is 10.6 Å². The van der Waals surface area contributed by atoms with Gasteiger partial charge in [-0.3, -0.25) is 4.79 Å². The molecule has 0 aromatic heterocycles. The summed E-state index contributed by atoms with van der Waals surface area (Å²) in [6.45, 7) is 2.92. The predicted octanol–water partition coefficient (Wildman–Crippen LogP) is 2.99. The summed E-state index contributed by atoms with van der Waals surface area (Å²) in [4.78, 5) is 11.8. The lowest BCUT2D eigenvalue weighted by Gasteiger charge is -2.23. The van der Waals surface area contributed by atoms with Crippen molar-refractivity contribution in [2.75, 3.05) is 11.9 Å². The second-order valence-electron chi connectivity index (χ2n) is 5.22. The monoisotopic (exact) mass is 264 g/mol. The van der Waals surface area contributed by atoms with Crippen molar-refractivity contribution in [1.82, 2.24) is 5.32 Å². The molecule has 0 bridgehead atoms. The molecule has 104 valence electrons. The second-order valence-corrected chi connectivity index (χ2v) is 5.22. The van der Waals surface area contributed by atoms with Crippen molar-refractivity contribution in [2.24, 2.45) is 0 Å². The molecule has 1 saturated heterocycles. The van der Waals surface area contributed by atoms with Crippen LogP contribution in [0.15, 0.2) is 18.2 Å². The number of rotatable bonds is 4. The Morgan fingerprint density at radius 1 is 1.47 bits per heavy atom. The van der Waals surface area contributed by atoms with E-state index in [1.165, 1.54) is 18.9 Å². The first kappa shape index (κ1) is 14.0. The van der Waals surface area contributed by atoms with Crippen molar-refractivity contribution in [3.63, 3.8) is 0 Å². The fourth-order valence-corrected chi connectivity index (χ4v) is 2.42. The SMILES string of the molecule is Cc1ccc(F)c(NC(=O)CCC2CCCCN2)c1. The van der Waals surface area contributed by atoms with Gasteiger partial charge in [-0.2, -0.15) is 0 Å². The number of halogens is 1. The molecule has 1 fully saturated rings. The summed E-state index contributed by atoms with van der Waals surface area (Å²) in [5.74, 6) is -0.494. The Bertz CT molecular complexity index is 442. The number of carbonyl (C=O) groups is 1. The third kappa shape index (κ3) is 4.31. The van der Waals surface area contributed by atoms with E-state index in [-0.39, 0.29) is 17.4 Å². The molecule has 0 aliphatic carbocycles. The lowest BCUT2D eigenvalue weighted by molar-refractivity contribution is -0.116. The van der Waals surface area contributed by atoms with Gasteiger partial charge in [0.2, 0.25) is 5.91 Å². The lowest BCUT2D eigenvalue weighted by atomic mass is 10.0.